The lowest BCUT2D eigenvalue weighted by Gasteiger charge is -2.50. The van der Waals surface area contributed by atoms with Gasteiger partial charge in [-0.05, 0) is 152 Å². The first kappa shape index (κ1) is 57.4. The summed E-state index contributed by atoms with van der Waals surface area (Å²) < 4.78 is 63.0. The van der Waals surface area contributed by atoms with Gasteiger partial charge < -0.3 is 52.1 Å². The van der Waals surface area contributed by atoms with Crippen LogP contribution in [0, 0.1) is 5.92 Å². The van der Waals surface area contributed by atoms with Gasteiger partial charge in [-0.1, -0.05) is 0 Å². The molecule has 1 fully saturated rings. The van der Waals surface area contributed by atoms with Crippen LogP contribution in [0.2, 0.25) is 0 Å². The Bertz CT molecular complexity index is 2140. The maximum absolute atomic E-state index is 15.3. The standard InChI is InChI=1S/C46H72N4O19/c1-40(2,3)63-33(52)48-29-25(30(51)49(34(53)64-41(4,5)6)32(47-29)50(35(54)65-42(7,8)9)36(55)66-43(10,11)12)22-24-27(61-38(57)68-45(16,17)18)28(62-39(58)69-46(19,20)21)26(60-31(24)48)23-59-37(56)67-44(13,14)15/h24,26-28,31H,22-23H2,1-21H3. The van der Waals surface area contributed by atoms with E-state index in [-0.39, 0.29) is 9.47 Å². The number of carbonyl (C=O) groups is 7. The maximum Gasteiger partial charge on any atom is 0.509 e. The van der Waals surface area contributed by atoms with E-state index < -0.39 is 148 Å². The summed E-state index contributed by atoms with van der Waals surface area (Å²) in [6, 6.07) is 0. The number of rotatable bonds is 5. The molecule has 0 bridgehead atoms. The minimum absolute atomic E-state index is 0.194. The fraction of sp³-hybridized carbons (Fsp3) is 0.761. The topological polar surface area (TPSA) is 262 Å². The molecule has 0 radical (unpaired) electrons. The Morgan fingerprint density at radius 1 is 0.551 bits per heavy atom. The molecule has 23 nitrogen and oxygen atoms in total. The Morgan fingerprint density at radius 3 is 1.36 bits per heavy atom. The molecule has 69 heavy (non-hydrogen) atoms. The first-order valence-electron chi connectivity index (χ1n) is 22.3. The molecule has 3 rings (SSSR count). The van der Waals surface area contributed by atoms with Crippen molar-refractivity contribution < 1.29 is 85.7 Å². The van der Waals surface area contributed by atoms with Crippen LogP contribution in [0.25, 0.3) is 0 Å². The van der Waals surface area contributed by atoms with Crippen LogP contribution >= 0.6 is 0 Å². The molecule has 1 aromatic rings. The van der Waals surface area contributed by atoms with Crippen LogP contribution in [-0.4, -0.2) is 123 Å². The molecule has 0 saturated carbocycles. The molecule has 0 spiro atoms. The van der Waals surface area contributed by atoms with Crippen molar-refractivity contribution in [3.63, 3.8) is 0 Å². The third-order valence-electron chi connectivity index (χ3n) is 8.37. The fourth-order valence-corrected chi connectivity index (χ4v) is 6.32. The predicted molar refractivity (Wildman–Crippen MR) is 244 cm³/mol. The van der Waals surface area contributed by atoms with Gasteiger partial charge in [0.25, 0.3) is 5.56 Å². The molecule has 2 aliphatic rings. The zero-order chi connectivity index (χ0) is 53.4. The molecule has 5 atom stereocenters. The van der Waals surface area contributed by atoms with Crippen LogP contribution in [0.3, 0.4) is 0 Å². The van der Waals surface area contributed by atoms with Crippen molar-refractivity contribution in [2.45, 2.75) is 216 Å². The summed E-state index contributed by atoms with van der Waals surface area (Å²) in [6.07, 6.45) is -17.0. The van der Waals surface area contributed by atoms with Crippen LogP contribution in [-0.2, 0) is 58.5 Å². The number of hydrogen-bond acceptors (Lipinski definition) is 20. The average Bonchev–Trinajstić information content (AvgIpc) is 3.05. The number of carbonyl (C=O) groups excluding carboxylic acids is 7. The van der Waals surface area contributed by atoms with E-state index in [1.807, 2.05) is 0 Å². The van der Waals surface area contributed by atoms with Gasteiger partial charge in [-0.15, -0.1) is 4.90 Å². The maximum atomic E-state index is 15.3. The number of ether oxygens (including phenoxy) is 11. The van der Waals surface area contributed by atoms with Crippen LogP contribution in [0.1, 0.15) is 151 Å². The summed E-state index contributed by atoms with van der Waals surface area (Å²) in [4.78, 5) is 118. The average molecular weight is 985 g/mol. The van der Waals surface area contributed by atoms with Gasteiger partial charge >= 0.3 is 42.8 Å². The largest absolute Gasteiger partial charge is 0.509 e. The van der Waals surface area contributed by atoms with E-state index >= 15 is 4.79 Å². The van der Waals surface area contributed by atoms with E-state index in [2.05, 4.69) is 4.98 Å². The van der Waals surface area contributed by atoms with Gasteiger partial charge in [0.1, 0.15) is 58.1 Å². The Kier molecular flexibility index (Phi) is 16.8. The van der Waals surface area contributed by atoms with E-state index in [9.17, 15) is 33.6 Å². The summed E-state index contributed by atoms with van der Waals surface area (Å²) in [5.74, 6) is -3.14. The number of aromatic nitrogens is 2. The number of nitrogens with zero attached hydrogens (tertiary/aromatic N) is 4. The first-order valence-corrected chi connectivity index (χ1v) is 22.3. The number of hydrogen-bond donors (Lipinski definition) is 0. The number of anilines is 2. The first-order chi connectivity index (χ1) is 30.9. The summed E-state index contributed by atoms with van der Waals surface area (Å²) in [5.41, 5.74) is -10.2. The molecule has 3 amide bonds. The van der Waals surface area contributed by atoms with Crippen LogP contribution in [0.4, 0.5) is 45.3 Å². The molecule has 1 aromatic heterocycles. The highest BCUT2D eigenvalue weighted by Crippen LogP contribution is 2.43. The lowest BCUT2D eigenvalue weighted by Crippen LogP contribution is -2.67. The van der Waals surface area contributed by atoms with Crippen LogP contribution in [0.5, 0.6) is 0 Å². The second-order valence-electron chi connectivity index (χ2n) is 23.3. The molecular formula is C46H72N4O19. The predicted octanol–water partition coefficient (Wildman–Crippen LogP) is 8.93. The second kappa shape index (κ2) is 20.2. The zero-order valence-corrected chi connectivity index (χ0v) is 43.8. The highest BCUT2D eigenvalue weighted by Gasteiger charge is 2.58. The van der Waals surface area contributed by atoms with Gasteiger partial charge in [-0.25, -0.2) is 38.5 Å². The quantitative estimate of drug-likeness (QED) is 0.197. The second-order valence-corrected chi connectivity index (χ2v) is 23.3. The SMILES string of the molecule is CC(C)(C)OC(=O)OCC1OC2C(Cc3c(nc(N(C(=O)OC(C)(C)C)C(=O)OC(C)(C)C)n(C(=O)OC(C)(C)C)c3=O)N2C(=O)OC(C)(C)C)C(OC(=O)OC(C)(C)C)C1OC(=O)OC(C)(C)C. The normalized spacial score (nSPS) is 19.9. The van der Waals surface area contributed by atoms with Gasteiger partial charge in [-0.3, -0.25) is 4.79 Å². The van der Waals surface area contributed by atoms with Gasteiger partial charge in [0, 0.05) is 0 Å². The molecule has 0 N–H and O–H groups in total. The summed E-state index contributed by atoms with van der Waals surface area (Å²) in [6.45, 7) is 31.2. The van der Waals surface area contributed by atoms with Crippen molar-refractivity contribution in [3.05, 3.63) is 15.9 Å². The molecule has 5 unspecified atom stereocenters. The van der Waals surface area contributed by atoms with E-state index in [0.717, 1.165) is 4.90 Å². The van der Waals surface area contributed by atoms with Gasteiger partial charge in [0.2, 0.25) is 5.95 Å². The third-order valence-corrected chi connectivity index (χ3v) is 8.37. The Morgan fingerprint density at radius 2 is 0.942 bits per heavy atom. The highest BCUT2D eigenvalue weighted by molar-refractivity contribution is 6.09. The van der Waals surface area contributed by atoms with Crippen molar-refractivity contribution in [1.29, 1.82) is 0 Å². The minimum atomic E-state index is -1.77. The van der Waals surface area contributed by atoms with Gasteiger partial charge in [0.15, 0.2) is 18.0 Å². The van der Waals surface area contributed by atoms with Crippen molar-refractivity contribution in [2.75, 3.05) is 16.4 Å². The molecule has 2 aliphatic heterocycles. The molecule has 0 aliphatic carbocycles. The van der Waals surface area contributed by atoms with E-state index in [4.69, 9.17) is 52.1 Å². The molecule has 3 heterocycles. The Balaban J connectivity index is 2.59. The lowest BCUT2D eigenvalue weighted by atomic mass is 9.82. The number of amides is 3. The lowest BCUT2D eigenvalue weighted by molar-refractivity contribution is -0.222. The monoisotopic (exact) mass is 984 g/mol. The van der Waals surface area contributed by atoms with E-state index in [0.29, 0.717) is 0 Å². The van der Waals surface area contributed by atoms with E-state index in [1.54, 1.807) is 62.3 Å². The van der Waals surface area contributed by atoms with Crippen molar-refractivity contribution in [2.24, 2.45) is 5.92 Å². The molecule has 390 valence electrons. The van der Waals surface area contributed by atoms with Crippen molar-refractivity contribution in [1.82, 2.24) is 9.55 Å². The van der Waals surface area contributed by atoms with Crippen LogP contribution < -0.4 is 15.4 Å². The fourth-order valence-electron chi connectivity index (χ4n) is 6.32. The smallest absolute Gasteiger partial charge is 0.443 e. The number of imide groups is 1. The summed E-state index contributed by atoms with van der Waals surface area (Å²) >= 11 is 0. The zero-order valence-electron chi connectivity index (χ0n) is 43.8. The number of fused-ring (bicyclic) bond motifs is 2. The molecule has 23 heteroatoms. The van der Waals surface area contributed by atoms with E-state index in [1.165, 1.54) is 83.1 Å². The van der Waals surface area contributed by atoms with Crippen molar-refractivity contribution in [3.8, 4) is 0 Å². The highest BCUT2D eigenvalue weighted by atomic mass is 16.8. The van der Waals surface area contributed by atoms with Gasteiger partial charge in [0.05, 0.1) is 11.5 Å². The Labute approximate surface area is 402 Å². The molecule has 0 aromatic carbocycles. The molecular weight excluding hydrogens is 913 g/mol. The van der Waals surface area contributed by atoms with Crippen molar-refractivity contribution >= 4 is 54.6 Å². The Hall–Kier alpha value is -5.87. The molecule has 1 saturated heterocycles. The van der Waals surface area contributed by atoms with Gasteiger partial charge in [-0.2, -0.15) is 9.55 Å². The third kappa shape index (κ3) is 17.2. The minimum Gasteiger partial charge on any atom is -0.443 e. The van der Waals surface area contributed by atoms with Crippen LogP contribution in [0.15, 0.2) is 4.79 Å². The summed E-state index contributed by atoms with van der Waals surface area (Å²) in [5, 5.41) is 0. The summed E-state index contributed by atoms with van der Waals surface area (Å²) in [7, 11) is 0.